The van der Waals surface area contributed by atoms with Gasteiger partial charge in [-0.15, -0.1) is 0 Å². The van der Waals surface area contributed by atoms with Gasteiger partial charge >= 0.3 is 12.3 Å². The standard InChI is InChI=1S/C27H33F3N2O3/c1-25(2,3)35-24(33)31-16-10-15-26(18-31)22(20-11-6-4-7-12-20)17-32(19-27(28,29)30)23(26)34-21-13-8-5-9-14-21/h4-9,11-14,22-23H,10,15-19H2,1-3H3. The monoisotopic (exact) mass is 490 g/mol. The molecule has 35 heavy (non-hydrogen) atoms. The van der Waals surface area contributed by atoms with E-state index in [9.17, 15) is 18.0 Å². The van der Waals surface area contributed by atoms with Gasteiger partial charge in [-0.25, -0.2) is 4.79 Å². The second-order valence-corrected chi connectivity index (χ2v) is 10.5. The third kappa shape index (κ3) is 5.92. The van der Waals surface area contributed by atoms with Crippen molar-refractivity contribution in [2.75, 3.05) is 26.2 Å². The number of carbonyl (C=O) groups is 1. The number of carbonyl (C=O) groups excluding carboxylic acids is 1. The number of ether oxygens (including phenoxy) is 2. The fourth-order valence-electron chi connectivity index (χ4n) is 5.45. The first-order valence-electron chi connectivity index (χ1n) is 12.0. The Morgan fingerprint density at radius 1 is 1.03 bits per heavy atom. The molecular weight excluding hydrogens is 457 g/mol. The number of nitrogens with zero attached hydrogens (tertiary/aromatic N) is 2. The molecule has 0 aliphatic carbocycles. The highest BCUT2D eigenvalue weighted by molar-refractivity contribution is 5.68. The second-order valence-electron chi connectivity index (χ2n) is 10.5. The number of halogens is 3. The minimum absolute atomic E-state index is 0.184. The van der Waals surface area contributed by atoms with Gasteiger partial charge in [-0.2, -0.15) is 13.2 Å². The molecule has 3 atom stereocenters. The van der Waals surface area contributed by atoms with Crippen LogP contribution in [-0.4, -0.2) is 60.1 Å². The fourth-order valence-corrected chi connectivity index (χ4v) is 5.45. The summed E-state index contributed by atoms with van der Waals surface area (Å²) >= 11 is 0. The van der Waals surface area contributed by atoms with E-state index < -0.39 is 36.1 Å². The molecule has 3 unspecified atom stereocenters. The molecule has 0 saturated carbocycles. The van der Waals surface area contributed by atoms with Gasteiger partial charge < -0.3 is 14.4 Å². The Labute approximate surface area is 204 Å². The van der Waals surface area contributed by atoms with E-state index in [-0.39, 0.29) is 19.0 Å². The van der Waals surface area contributed by atoms with Crippen LogP contribution in [0.1, 0.15) is 45.1 Å². The Hall–Kier alpha value is -2.74. The molecular formula is C27H33F3N2O3. The molecule has 0 aromatic heterocycles. The smallest absolute Gasteiger partial charge is 0.410 e. The molecule has 2 aliphatic heterocycles. The van der Waals surface area contributed by atoms with Crippen molar-refractivity contribution in [3.05, 3.63) is 66.2 Å². The third-order valence-electron chi connectivity index (χ3n) is 6.72. The van der Waals surface area contributed by atoms with Crippen LogP contribution in [0.5, 0.6) is 5.75 Å². The predicted octanol–water partition coefficient (Wildman–Crippen LogP) is 6.07. The highest BCUT2D eigenvalue weighted by atomic mass is 19.4. The Morgan fingerprint density at radius 2 is 1.66 bits per heavy atom. The largest absolute Gasteiger partial charge is 0.474 e. The molecule has 2 aromatic rings. The zero-order valence-corrected chi connectivity index (χ0v) is 20.4. The van der Waals surface area contributed by atoms with E-state index in [0.717, 1.165) is 5.56 Å². The summed E-state index contributed by atoms with van der Waals surface area (Å²) in [7, 11) is 0. The van der Waals surface area contributed by atoms with Gasteiger partial charge in [0.05, 0.1) is 6.54 Å². The summed E-state index contributed by atoms with van der Waals surface area (Å²) in [6.45, 7) is 5.27. The van der Waals surface area contributed by atoms with Crippen LogP contribution in [0.25, 0.3) is 0 Å². The van der Waals surface area contributed by atoms with Crippen LogP contribution < -0.4 is 4.74 Å². The Bertz CT molecular complexity index is 994. The number of hydrogen-bond acceptors (Lipinski definition) is 4. The molecule has 2 aromatic carbocycles. The van der Waals surface area contributed by atoms with Gasteiger partial charge in [0, 0.05) is 31.0 Å². The van der Waals surface area contributed by atoms with Crippen molar-refractivity contribution in [1.29, 1.82) is 0 Å². The zero-order chi connectivity index (χ0) is 25.3. The van der Waals surface area contributed by atoms with Crippen LogP contribution in [0, 0.1) is 5.41 Å². The molecule has 1 spiro atoms. The fraction of sp³-hybridized carbons (Fsp3) is 0.519. The number of para-hydroxylation sites is 1. The highest BCUT2D eigenvalue weighted by Gasteiger charge is 2.59. The molecule has 8 heteroatoms. The topological polar surface area (TPSA) is 42.0 Å². The van der Waals surface area contributed by atoms with Crippen LogP contribution in [0.3, 0.4) is 0 Å². The number of alkyl halides is 3. The van der Waals surface area contributed by atoms with Crippen molar-refractivity contribution in [2.24, 2.45) is 5.41 Å². The van der Waals surface area contributed by atoms with Crippen molar-refractivity contribution in [1.82, 2.24) is 9.80 Å². The average Bonchev–Trinajstić information content (AvgIpc) is 3.05. The van der Waals surface area contributed by atoms with E-state index in [2.05, 4.69) is 0 Å². The Morgan fingerprint density at radius 3 is 2.26 bits per heavy atom. The van der Waals surface area contributed by atoms with Crippen LogP contribution in [0.15, 0.2) is 60.7 Å². The van der Waals surface area contributed by atoms with Gasteiger partial charge in [0.25, 0.3) is 0 Å². The molecule has 1 amide bonds. The Kier molecular flexibility index (Phi) is 7.04. The number of benzene rings is 2. The van der Waals surface area contributed by atoms with Crippen molar-refractivity contribution < 1.29 is 27.4 Å². The minimum atomic E-state index is -4.38. The normalized spacial score (nSPS) is 25.6. The average molecular weight is 491 g/mol. The first-order valence-corrected chi connectivity index (χ1v) is 12.0. The second kappa shape index (κ2) is 9.72. The van der Waals surface area contributed by atoms with E-state index in [1.54, 1.807) is 49.9 Å². The first-order chi connectivity index (χ1) is 16.5. The lowest BCUT2D eigenvalue weighted by Gasteiger charge is -2.47. The summed E-state index contributed by atoms with van der Waals surface area (Å²) in [4.78, 5) is 16.1. The third-order valence-corrected chi connectivity index (χ3v) is 6.72. The number of piperidine rings is 1. The lowest BCUT2D eigenvalue weighted by molar-refractivity contribution is -0.166. The van der Waals surface area contributed by atoms with Crippen molar-refractivity contribution in [3.8, 4) is 5.75 Å². The number of likely N-dealkylation sites (tertiary alicyclic amines) is 2. The number of hydrogen-bond donors (Lipinski definition) is 0. The van der Waals surface area contributed by atoms with Gasteiger partial charge in [-0.05, 0) is 51.3 Å². The molecule has 2 fully saturated rings. The van der Waals surface area contributed by atoms with Crippen molar-refractivity contribution in [2.45, 2.75) is 57.5 Å². The highest BCUT2D eigenvalue weighted by Crippen LogP contribution is 2.53. The van der Waals surface area contributed by atoms with Crippen molar-refractivity contribution in [3.63, 3.8) is 0 Å². The van der Waals surface area contributed by atoms with Crippen LogP contribution in [0.4, 0.5) is 18.0 Å². The maximum atomic E-state index is 13.7. The SMILES string of the molecule is CC(C)(C)OC(=O)N1CCCC2(C1)C(c1ccccc1)CN(CC(F)(F)F)C2Oc1ccccc1. The quantitative estimate of drug-likeness (QED) is 0.522. The van der Waals surface area contributed by atoms with Crippen LogP contribution in [0.2, 0.25) is 0 Å². The molecule has 2 saturated heterocycles. The minimum Gasteiger partial charge on any atom is -0.474 e. The van der Waals surface area contributed by atoms with E-state index in [1.807, 2.05) is 36.4 Å². The van der Waals surface area contributed by atoms with E-state index in [0.29, 0.717) is 25.1 Å². The van der Waals surface area contributed by atoms with Gasteiger partial charge in [0.2, 0.25) is 0 Å². The maximum absolute atomic E-state index is 13.7. The summed E-state index contributed by atoms with van der Waals surface area (Å²) in [5.74, 6) is 0.261. The molecule has 190 valence electrons. The molecule has 4 rings (SSSR count). The maximum Gasteiger partial charge on any atom is 0.410 e. The van der Waals surface area contributed by atoms with Gasteiger partial charge in [-0.1, -0.05) is 48.5 Å². The van der Waals surface area contributed by atoms with E-state index in [4.69, 9.17) is 9.47 Å². The van der Waals surface area contributed by atoms with Gasteiger partial charge in [0.1, 0.15) is 11.4 Å². The molecule has 0 bridgehead atoms. The Balaban J connectivity index is 1.76. The molecule has 0 N–H and O–H groups in total. The summed E-state index contributed by atoms with van der Waals surface area (Å²) in [6.07, 6.45) is -4.41. The van der Waals surface area contributed by atoms with E-state index >= 15 is 0 Å². The lowest BCUT2D eigenvalue weighted by Crippen LogP contribution is -2.56. The number of amides is 1. The lowest BCUT2D eigenvalue weighted by atomic mass is 9.68. The zero-order valence-electron chi connectivity index (χ0n) is 20.4. The van der Waals surface area contributed by atoms with Gasteiger partial charge in [0.15, 0.2) is 6.23 Å². The first kappa shape index (κ1) is 25.4. The molecule has 2 aliphatic rings. The van der Waals surface area contributed by atoms with Crippen molar-refractivity contribution >= 4 is 6.09 Å². The molecule has 0 radical (unpaired) electrons. The predicted molar refractivity (Wildman–Crippen MR) is 127 cm³/mol. The molecule has 2 heterocycles. The summed E-state index contributed by atoms with van der Waals surface area (Å²) in [6, 6.07) is 18.5. The van der Waals surface area contributed by atoms with Gasteiger partial charge in [-0.3, -0.25) is 4.90 Å². The summed E-state index contributed by atoms with van der Waals surface area (Å²) in [5, 5.41) is 0. The number of rotatable bonds is 4. The summed E-state index contributed by atoms with van der Waals surface area (Å²) < 4.78 is 53.1. The summed E-state index contributed by atoms with van der Waals surface area (Å²) in [5.41, 5.74) is -0.458. The van der Waals surface area contributed by atoms with Crippen LogP contribution in [-0.2, 0) is 4.74 Å². The van der Waals surface area contributed by atoms with E-state index in [1.165, 1.54) is 4.90 Å². The van der Waals surface area contributed by atoms with Crippen LogP contribution >= 0.6 is 0 Å². The molecule has 5 nitrogen and oxygen atoms in total.